The van der Waals surface area contributed by atoms with E-state index in [0.717, 1.165) is 0 Å². The lowest BCUT2D eigenvalue weighted by Gasteiger charge is -2.47. The number of hydrogen-bond donors (Lipinski definition) is 11. The fourth-order valence-corrected chi connectivity index (χ4v) is 3.98. The highest BCUT2D eigenvalue weighted by Gasteiger charge is 2.52. The molecule has 0 bridgehead atoms. The predicted octanol–water partition coefficient (Wildman–Crippen LogP) is -7.57. The van der Waals surface area contributed by atoms with Gasteiger partial charge in [-0.05, 0) is 0 Å². The Balaban J connectivity index is 1.69. The van der Waals surface area contributed by atoms with Crippen molar-refractivity contribution in [3.8, 4) is 0 Å². The minimum absolute atomic E-state index is 0.740. The molecule has 200 valence electrons. The van der Waals surface area contributed by atoms with Gasteiger partial charge in [0.05, 0.1) is 19.8 Å². The van der Waals surface area contributed by atoms with E-state index in [1.807, 2.05) is 0 Å². The van der Waals surface area contributed by atoms with E-state index in [0.29, 0.717) is 0 Å². The molecule has 0 saturated carbocycles. The van der Waals surface area contributed by atoms with Crippen molar-refractivity contribution in [2.75, 3.05) is 19.8 Å². The molecule has 3 heterocycles. The zero-order valence-corrected chi connectivity index (χ0v) is 17.7. The molecule has 0 spiro atoms. The van der Waals surface area contributed by atoms with Gasteiger partial charge < -0.3 is 79.9 Å². The number of hydrogen-bond acceptors (Lipinski definition) is 16. The number of rotatable bonds is 7. The lowest BCUT2D eigenvalue weighted by atomic mass is 9.96. The van der Waals surface area contributed by atoms with Crippen LogP contribution in [0.15, 0.2) is 0 Å². The molecule has 0 radical (unpaired) electrons. The van der Waals surface area contributed by atoms with Crippen LogP contribution in [-0.4, -0.2) is 168 Å². The number of ether oxygens (including phenoxy) is 5. The average molecular weight is 504 g/mol. The molecule has 3 rings (SSSR count). The number of aliphatic hydroxyl groups is 11. The molecule has 3 saturated heterocycles. The van der Waals surface area contributed by atoms with E-state index < -0.39 is 112 Å². The van der Waals surface area contributed by atoms with Crippen LogP contribution in [-0.2, 0) is 23.7 Å². The topological polar surface area (TPSA) is 269 Å². The Kier molecular flexibility index (Phi) is 9.54. The van der Waals surface area contributed by atoms with Crippen molar-refractivity contribution < 1.29 is 79.9 Å². The average Bonchev–Trinajstić information content (AvgIpc) is 2.83. The second-order valence-electron chi connectivity index (χ2n) is 8.34. The SMILES string of the molecule is OC[C@@H]1O[C@@H](O[C@@H]2O[C@H](CO)[C@@H](O[C@@H]3O[C@H](CO)[C@H](O)[C@H](O)[C@H]3O)[C@H](O)[C@H]2O)[C@@H](O)[C@H](O)[C@H]1O. The van der Waals surface area contributed by atoms with Gasteiger partial charge in [-0.2, -0.15) is 0 Å². The maximum absolute atomic E-state index is 10.6. The van der Waals surface area contributed by atoms with Gasteiger partial charge in [-0.15, -0.1) is 0 Å². The minimum atomic E-state index is -1.91. The van der Waals surface area contributed by atoms with Gasteiger partial charge in [-0.25, -0.2) is 0 Å². The fraction of sp³-hybridized carbons (Fsp3) is 1.00. The van der Waals surface area contributed by atoms with Crippen molar-refractivity contribution in [1.82, 2.24) is 0 Å². The minimum Gasteiger partial charge on any atom is -0.394 e. The van der Waals surface area contributed by atoms with E-state index in [9.17, 15) is 56.2 Å². The van der Waals surface area contributed by atoms with Crippen LogP contribution < -0.4 is 0 Å². The molecule has 11 N–H and O–H groups in total. The van der Waals surface area contributed by atoms with Gasteiger partial charge in [0.25, 0.3) is 0 Å². The molecule has 0 aromatic carbocycles. The van der Waals surface area contributed by atoms with Gasteiger partial charge in [0, 0.05) is 0 Å². The summed E-state index contributed by atoms with van der Waals surface area (Å²) >= 11 is 0. The van der Waals surface area contributed by atoms with Crippen molar-refractivity contribution in [3.63, 3.8) is 0 Å². The molecule has 0 amide bonds. The molecule has 0 unspecified atom stereocenters. The van der Waals surface area contributed by atoms with Crippen LogP contribution >= 0.6 is 0 Å². The van der Waals surface area contributed by atoms with E-state index >= 15 is 0 Å². The summed E-state index contributed by atoms with van der Waals surface area (Å²) in [6, 6.07) is 0. The maximum Gasteiger partial charge on any atom is 0.189 e. The van der Waals surface area contributed by atoms with Gasteiger partial charge in [-0.3, -0.25) is 0 Å². The Hall–Kier alpha value is -0.640. The number of aliphatic hydroxyl groups excluding tert-OH is 11. The van der Waals surface area contributed by atoms with Gasteiger partial charge >= 0.3 is 0 Å². The molecule has 0 aromatic heterocycles. The zero-order chi connectivity index (χ0) is 25.3. The van der Waals surface area contributed by atoms with Crippen molar-refractivity contribution in [2.45, 2.75) is 92.1 Å². The van der Waals surface area contributed by atoms with Crippen LogP contribution in [0.5, 0.6) is 0 Å². The summed E-state index contributed by atoms with van der Waals surface area (Å²) in [6.07, 6.45) is -25.1. The van der Waals surface area contributed by atoms with E-state index in [1.165, 1.54) is 0 Å². The Labute approximate surface area is 192 Å². The largest absolute Gasteiger partial charge is 0.394 e. The third-order valence-electron chi connectivity index (χ3n) is 6.08. The molecule has 16 heteroatoms. The van der Waals surface area contributed by atoms with Gasteiger partial charge in [0.1, 0.15) is 73.2 Å². The van der Waals surface area contributed by atoms with Gasteiger partial charge in [0.2, 0.25) is 0 Å². The lowest BCUT2D eigenvalue weighted by Crippen LogP contribution is -2.66. The molecule has 3 fully saturated rings. The molecule has 16 nitrogen and oxygen atoms in total. The molecule has 0 aromatic rings. The Morgan fingerprint density at radius 3 is 1.18 bits per heavy atom. The van der Waals surface area contributed by atoms with Crippen LogP contribution in [0.25, 0.3) is 0 Å². The summed E-state index contributed by atoms with van der Waals surface area (Å²) < 4.78 is 26.5. The maximum atomic E-state index is 10.6. The Bertz CT molecular complexity index is 635. The highest BCUT2D eigenvalue weighted by molar-refractivity contribution is 4.95. The van der Waals surface area contributed by atoms with Crippen LogP contribution in [0.1, 0.15) is 0 Å². The first-order chi connectivity index (χ1) is 16.0. The van der Waals surface area contributed by atoms with Crippen LogP contribution in [0.4, 0.5) is 0 Å². The molecule has 0 aliphatic carbocycles. The molecule has 3 aliphatic heterocycles. The highest BCUT2D eigenvalue weighted by atomic mass is 16.8. The molecule has 15 atom stereocenters. The van der Waals surface area contributed by atoms with Crippen LogP contribution in [0.3, 0.4) is 0 Å². The first-order valence-corrected chi connectivity index (χ1v) is 10.6. The normalized spacial score (nSPS) is 52.5. The molecule has 3 aliphatic rings. The van der Waals surface area contributed by atoms with Crippen LogP contribution in [0, 0.1) is 0 Å². The summed E-state index contributed by atoms with van der Waals surface area (Å²) in [5, 5.41) is 109. The summed E-state index contributed by atoms with van der Waals surface area (Å²) in [7, 11) is 0. The standard InChI is InChI=1S/C18H32O16/c19-1-4-7(22)9(24)12(27)16(30-4)33-15-6(3-21)32-18(14(29)11(15)26)34-17-13(28)10(25)8(23)5(2-20)31-17/h4-29H,1-3H2/t4-,5+,6-,7+,8+,9+,10-,11-,12-,13+,14-,15-,16+,17+,18+/m1/s1. The second kappa shape index (κ2) is 11.6. The van der Waals surface area contributed by atoms with Crippen molar-refractivity contribution in [1.29, 1.82) is 0 Å². The van der Waals surface area contributed by atoms with Crippen LogP contribution in [0.2, 0.25) is 0 Å². The zero-order valence-electron chi connectivity index (χ0n) is 17.7. The molecular formula is C18H32O16. The van der Waals surface area contributed by atoms with Gasteiger partial charge in [-0.1, -0.05) is 0 Å². The highest BCUT2D eigenvalue weighted by Crippen LogP contribution is 2.31. The van der Waals surface area contributed by atoms with Gasteiger partial charge in [0.15, 0.2) is 18.9 Å². The third-order valence-corrected chi connectivity index (χ3v) is 6.08. The van der Waals surface area contributed by atoms with E-state index in [-0.39, 0.29) is 0 Å². The summed E-state index contributed by atoms with van der Waals surface area (Å²) in [4.78, 5) is 0. The smallest absolute Gasteiger partial charge is 0.189 e. The summed E-state index contributed by atoms with van der Waals surface area (Å²) in [6.45, 7) is -2.30. The molecular weight excluding hydrogens is 472 g/mol. The lowest BCUT2D eigenvalue weighted by molar-refractivity contribution is -0.391. The summed E-state index contributed by atoms with van der Waals surface area (Å²) in [5.41, 5.74) is 0. The van der Waals surface area contributed by atoms with E-state index in [4.69, 9.17) is 23.7 Å². The fourth-order valence-electron chi connectivity index (χ4n) is 3.98. The quantitative estimate of drug-likeness (QED) is 0.154. The van der Waals surface area contributed by atoms with Crippen molar-refractivity contribution in [2.24, 2.45) is 0 Å². The summed E-state index contributed by atoms with van der Waals surface area (Å²) in [5.74, 6) is 0. The second-order valence-corrected chi connectivity index (χ2v) is 8.34. The first-order valence-electron chi connectivity index (χ1n) is 10.6. The first kappa shape index (κ1) is 27.9. The Morgan fingerprint density at radius 2 is 0.765 bits per heavy atom. The third kappa shape index (κ3) is 5.37. The van der Waals surface area contributed by atoms with Crippen molar-refractivity contribution >= 4 is 0 Å². The Morgan fingerprint density at radius 1 is 0.412 bits per heavy atom. The monoisotopic (exact) mass is 504 g/mol. The van der Waals surface area contributed by atoms with E-state index in [2.05, 4.69) is 0 Å². The van der Waals surface area contributed by atoms with E-state index in [1.54, 1.807) is 0 Å². The van der Waals surface area contributed by atoms with Crippen molar-refractivity contribution in [3.05, 3.63) is 0 Å². The molecule has 34 heavy (non-hydrogen) atoms. The predicted molar refractivity (Wildman–Crippen MR) is 101 cm³/mol.